The number of esters is 1. The van der Waals surface area contributed by atoms with Crippen molar-refractivity contribution in [1.82, 2.24) is 0 Å². The third kappa shape index (κ3) is 2.25. The molecule has 118 valence electrons. The number of non-ortho nitro benzene ring substituents is 1. The van der Waals surface area contributed by atoms with Crippen LogP contribution >= 0.6 is 0 Å². The minimum Gasteiger partial charge on any atom is -0.434 e. The zero-order valence-corrected chi connectivity index (χ0v) is 12.4. The first-order valence-corrected chi connectivity index (χ1v) is 7.37. The van der Waals surface area contributed by atoms with Gasteiger partial charge >= 0.3 is 5.97 Å². The third-order valence-corrected chi connectivity index (χ3v) is 4.02. The molecule has 1 aliphatic heterocycles. The Morgan fingerprint density at radius 3 is 2.58 bits per heavy atom. The molecule has 1 unspecified atom stereocenters. The van der Waals surface area contributed by atoms with Gasteiger partial charge in [-0.15, -0.1) is 0 Å². The van der Waals surface area contributed by atoms with E-state index in [9.17, 15) is 14.9 Å². The summed E-state index contributed by atoms with van der Waals surface area (Å²) >= 11 is 0. The summed E-state index contributed by atoms with van der Waals surface area (Å²) < 4.78 is 5.49. The summed E-state index contributed by atoms with van der Waals surface area (Å²) in [4.78, 5) is 22.7. The van der Waals surface area contributed by atoms with Crippen LogP contribution in [0.5, 0.6) is 0 Å². The van der Waals surface area contributed by atoms with Crippen molar-refractivity contribution >= 4 is 28.1 Å². The molecule has 1 atom stereocenters. The fourth-order valence-electron chi connectivity index (χ4n) is 2.96. The molecule has 6 nitrogen and oxygen atoms in total. The zero-order chi connectivity index (χ0) is 16.7. The quantitative estimate of drug-likeness (QED) is 0.447. The van der Waals surface area contributed by atoms with Gasteiger partial charge in [-0.2, -0.15) is 0 Å². The Morgan fingerprint density at radius 2 is 1.79 bits per heavy atom. The topological polar surface area (TPSA) is 81.5 Å². The number of nitrogens with zero attached hydrogens (tertiary/aromatic N) is 1. The molecule has 0 spiro atoms. The van der Waals surface area contributed by atoms with Crippen LogP contribution in [0.2, 0.25) is 0 Å². The lowest BCUT2D eigenvalue weighted by Gasteiger charge is -2.27. The number of nitro benzene ring substituents is 1. The fourth-order valence-corrected chi connectivity index (χ4v) is 2.96. The van der Waals surface area contributed by atoms with Gasteiger partial charge in [0.25, 0.3) is 5.69 Å². The average molecular weight is 320 g/mol. The van der Waals surface area contributed by atoms with Gasteiger partial charge in [0.2, 0.25) is 6.23 Å². The minimum absolute atomic E-state index is 0.0271. The van der Waals surface area contributed by atoms with Gasteiger partial charge in [0, 0.05) is 28.8 Å². The van der Waals surface area contributed by atoms with E-state index < -0.39 is 17.1 Å². The first-order valence-electron chi connectivity index (χ1n) is 7.37. The molecule has 3 aromatic carbocycles. The van der Waals surface area contributed by atoms with Crippen LogP contribution in [0.15, 0.2) is 60.7 Å². The molecule has 0 radical (unpaired) electrons. The normalized spacial score (nSPS) is 15.8. The predicted octanol–water partition coefficient (Wildman–Crippen LogP) is 4.03. The molecule has 0 amide bonds. The van der Waals surface area contributed by atoms with Gasteiger partial charge in [0.05, 0.1) is 10.5 Å². The highest BCUT2D eigenvalue weighted by molar-refractivity contribution is 6.07. The van der Waals surface area contributed by atoms with Crippen LogP contribution in [-0.4, -0.2) is 10.9 Å². The second-order valence-electron chi connectivity index (χ2n) is 5.49. The van der Waals surface area contributed by atoms with Gasteiger partial charge in [-0.05, 0) is 17.5 Å². The summed E-state index contributed by atoms with van der Waals surface area (Å²) in [6.07, 6.45) is -0.696. The van der Waals surface area contributed by atoms with E-state index in [1.807, 2.05) is 30.3 Å². The van der Waals surface area contributed by atoms with Crippen molar-refractivity contribution in [2.24, 2.45) is 0 Å². The Bertz CT molecular complexity index is 978. The van der Waals surface area contributed by atoms with Crippen LogP contribution in [0, 0.1) is 10.1 Å². The van der Waals surface area contributed by atoms with Crippen molar-refractivity contribution < 1.29 is 14.5 Å². The van der Waals surface area contributed by atoms with Gasteiger partial charge in [0.15, 0.2) is 0 Å². The maximum Gasteiger partial charge on any atom is 0.340 e. The van der Waals surface area contributed by atoms with Crippen molar-refractivity contribution in [2.75, 3.05) is 5.32 Å². The number of benzene rings is 3. The summed E-state index contributed by atoms with van der Waals surface area (Å²) in [5.74, 6) is -0.415. The van der Waals surface area contributed by atoms with E-state index in [1.165, 1.54) is 12.1 Å². The first kappa shape index (κ1) is 14.2. The number of cyclic esters (lactones) is 1. The number of carbonyl (C=O) groups is 1. The van der Waals surface area contributed by atoms with Gasteiger partial charge in [-0.25, -0.2) is 4.79 Å². The smallest absolute Gasteiger partial charge is 0.340 e. The second kappa shape index (κ2) is 5.34. The van der Waals surface area contributed by atoms with Crippen molar-refractivity contribution in [2.45, 2.75) is 6.23 Å². The highest BCUT2D eigenvalue weighted by atomic mass is 16.6. The number of ether oxygens (including phenoxy) is 1. The Kier molecular flexibility index (Phi) is 3.16. The second-order valence-corrected chi connectivity index (χ2v) is 5.49. The Labute approximate surface area is 136 Å². The predicted molar refractivity (Wildman–Crippen MR) is 88.8 cm³/mol. The Hall–Kier alpha value is -3.41. The molecule has 1 N–H and O–H groups in total. The molecule has 3 aromatic rings. The van der Waals surface area contributed by atoms with E-state index in [0.717, 1.165) is 16.3 Å². The third-order valence-electron chi connectivity index (χ3n) is 4.02. The van der Waals surface area contributed by atoms with Crippen molar-refractivity contribution in [3.05, 3.63) is 81.9 Å². The van der Waals surface area contributed by atoms with Crippen molar-refractivity contribution in [3.63, 3.8) is 0 Å². The van der Waals surface area contributed by atoms with E-state index in [1.54, 1.807) is 18.2 Å². The van der Waals surface area contributed by atoms with Crippen LogP contribution in [0.1, 0.15) is 22.1 Å². The van der Waals surface area contributed by atoms with Gasteiger partial charge in [0.1, 0.15) is 0 Å². The standard InChI is InChI=1S/C18H12N2O4/c21-18-15-9-2-5-11-4-1-8-14(16(11)15)17(24-18)19-12-6-3-7-13(10-12)20(22)23/h1-10,17,19H. The lowest BCUT2D eigenvalue weighted by Crippen LogP contribution is -2.23. The van der Waals surface area contributed by atoms with E-state index >= 15 is 0 Å². The highest BCUT2D eigenvalue weighted by Gasteiger charge is 2.28. The number of nitro groups is 1. The number of carbonyl (C=O) groups excluding carboxylic acids is 1. The van der Waals surface area contributed by atoms with Gasteiger partial charge in [-0.1, -0.05) is 36.4 Å². The maximum atomic E-state index is 12.3. The number of anilines is 1. The molecule has 24 heavy (non-hydrogen) atoms. The van der Waals surface area contributed by atoms with E-state index in [0.29, 0.717) is 11.3 Å². The summed E-state index contributed by atoms with van der Waals surface area (Å²) in [6, 6.07) is 17.3. The number of rotatable bonds is 3. The molecule has 0 aliphatic carbocycles. The number of hydrogen-bond donors (Lipinski definition) is 1. The van der Waals surface area contributed by atoms with Crippen LogP contribution < -0.4 is 5.32 Å². The average Bonchev–Trinajstić information content (AvgIpc) is 2.59. The fraction of sp³-hybridized carbons (Fsp3) is 0.0556. The minimum atomic E-state index is -0.696. The number of hydrogen-bond acceptors (Lipinski definition) is 5. The lowest BCUT2D eigenvalue weighted by atomic mass is 9.96. The molecule has 4 rings (SSSR count). The molecule has 6 heteroatoms. The molecule has 0 saturated carbocycles. The largest absolute Gasteiger partial charge is 0.434 e. The Morgan fingerprint density at radius 1 is 1.04 bits per heavy atom. The summed E-state index contributed by atoms with van der Waals surface area (Å²) in [6.45, 7) is 0. The summed E-state index contributed by atoms with van der Waals surface area (Å²) in [5.41, 5.74) is 1.84. The van der Waals surface area contributed by atoms with Crippen LogP contribution in [-0.2, 0) is 4.74 Å². The van der Waals surface area contributed by atoms with Gasteiger partial charge < -0.3 is 10.1 Å². The molecular formula is C18H12N2O4. The van der Waals surface area contributed by atoms with E-state index in [-0.39, 0.29) is 5.69 Å². The van der Waals surface area contributed by atoms with Crippen LogP contribution in [0.25, 0.3) is 10.8 Å². The van der Waals surface area contributed by atoms with E-state index in [2.05, 4.69) is 5.32 Å². The first-order chi connectivity index (χ1) is 11.6. The van der Waals surface area contributed by atoms with Crippen molar-refractivity contribution in [3.8, 4) is 0 Å². The van der Waals surface area contributed by atoms with Gasteiger partial charge in [-0.3, -0.25) is 10.1 Å². The monoisotopic (exact) mass is 320 g/mol. The molecular weight excluding hydrogens is 308 g/mol. The summed E-state index contributed by atoms with van der Waals surface area (Å²) in [7, 11) is 0. The highest BCUT2D eigenvalue weighted by Crippen LogP contribution is 2.35. The zero-order valence-electron chi connectivity index (χ0n) is 12.4. The SMILES string of the molecule is O=C1OC(Nc2cccc([N+](=O)[O-])c2)c2cccc3cccc1c23. The Balaban J connectivity index is 1.78. The molecule has 0 bridgehead atoms. The molecule has 0 saturated heterocycles. The maximum absolute atomic E-state index is 12.3. The van der Waals surface area contributed by atoms with Crippen LogP contribution in [0.4, 0.5) is 11.4 Å². The van der Waals surface area contributed by atoms with E-state index in [4.69, 9.17) is 4.74 Å². The molecule has 0 aromatic heterocycles. The van der Waals surface area contributed by atoms with Crippen LogP contribution in [0.3, 0.4) is 0 Å². The number of nitrogens with one attached hydrogen (secondary N) is 1. The lowest BCUT2D eigenvalue weighted by molar-refractivity contribution is -0.384. The molecule has 1 aliphatic rings. The molecule has 0 fully saturated rings. The molecule has 1 heterocycles. The van der Waals surface area contributed by atoms with Crippen molar-refractivity contribution in [1.29, 1.82) is 0 Å². The summed E-state index contributed by atoms with van der Waals surface area (Å²) in [5, 5.41) is 15.8.